The van der Waals surface area contributed by atoms with Gasteiger partial charge in [-0.2, -0.15) is 0 Å². The lowest BCUT2D eigenvalue weighted by Gasteiger charge is -2.16. The highest BCUT2D eigenvalue weighted by Crippen LogP contribution is 2.03. The van der Waals surface area contributed by atoms with Crippen molar-refractivity contribution >= 4 is 0 Å². The van der Waals surface area contributed by atoms with Crippen LogP contribution < -0.4 is 11.1 Å². The minimum absolute atomic E-state index is 0.319. The van der Waals surface area contributed by atoms with Gasteiger partial charge >= 0.3 is 0 Å². The molecule has 2 atom stereocenters. The van der Waals surface area contributed by atoms with Crippen LogP contribution in [0.2, 0.25) is 0 Å². The molecule has 0 aliphatic rings. The van der Waals surface area contributed by atoms with Crippen LogP contribution in [0.4, 0.5) is 0 Å². The fourth-order valence-electron chi connectivity index (χ4n) is 0.740. The molecule has 0 saturated carbocycles. The molecule has 2 heteroatoms. The van der Waals surface area contributed by atoms with E-state index in [2.05, 4.69) is 19.2 Å². The summed E-state index contributed by atoms with van der Waals surface area (Å²) in [5.41, 5.74) is 5.78. The van der Waals surface area contributed by atoms with Gasteiger partial charge in [-0.1, -0.05) is 20.3 Å². The Bertz CT molecular complexity index is 63.9. The molecule has 9 heavy (non-hydrogen) atoms. The Morgan fingerprint density at radius 1 is 1.56 bits per heavy atom. The predicted octanol–water partition coefficient (Wildman–Crippen LogP) is 0.579. The maximum Gasteiger partial charge on any atom is 0.0191 e. The molecule has 0 saturated heterocycles. The first-order valence-electron chi connectivity index (χ1n) is 3.62. The van der Waals surface area contributed by atoms with E-state index in [1.807, 2.05) is 7.05 Å². The molecule has 0 aliphatic carbocycles. The second-order valence-electron chi connectivity index (χ2n) is 2.61. The fraction of sp³-hybridized carbons (Fsp3) is 1.00. The maximum absolute atomic E-state index is 5.78. The standard InChI is InChI=1S/C7H18N2/c1-4-6(2)7(8)5-9-3/h6-7,9H,4-5,8H2,1-3H3/t6-,7+/m0/s1. The van der Waals surface area contributed by atoms with Crippen LogP contribution >= 0.6 is 0 Å². The van der Waals surface area contributed by atoms with Gasteiger partial charge in [0.2, 0.25) is 0 Å². The van der Waals surface area contributed by atoms with Gasteiger partial charge in [0.05, 0.1) is 0 Å². The summed E-state index contributed by atoms with van der Waals surface area (Å²) in [7, 11) is 1.93. The summed E-state index contributed by atoms with van der Waals surface area (Å²) < 4.78 is 0. The first-order chi connectivity index (χ1) is 4.22. The predicted molar refractivity (Wildman–Crippen MR) is 41.4 cm³/mol. The van der Waals surface area contributed by atoms with E-state index in [-0.39, 0.29) is 0 Å². The lowest BCUT2D eigenvalue weighted by Crippen LogP contribution is -2.37. The lowest BCUT2D eigenvalue weighted by molar-refractivity contribution is 0.430. The molecule has 0 spiro atoms. The summed E-state index contributed by atoms with van der Waals surface area (Å²) in [6.07, 6.45) is 1.17. The molecule has 56 valence electrons. The number of rotatable bonds is 4. The van der Waals surface area contributed by atoms with Crippen LogP contribution in [-0.4, -0.2) is 19.6 Å². The lowest BCUT2D eigenvalue weighted by atomic mass is 10.0. The zero-order valence-electron chi connectivity index (χ0n) is 6.65. The van der Waals surface area contributed by atoms with E-state index in [1.54, 1.807) is 0 Å². The second-order valence-corrected chi connectivity index (χ2v) is 2.61. The molecule has 0 aliphatic heterocycles. The average molecular weight is 130 g/mol. The van der Waals surface area contributed by atoms with Crippen LogP contribution in [0.1, 0.15) is 20.3 Å². The van der Waals surface area contributed by atoms with E-state index in [0.29, 0.717) is 12.0 Å². The quantitative estimate of drug-likeness (QED) is 0.584. The second kappa shape index (κ2) is 4.77. The maximum atomic E-state index is 5.78. The number of hydrogen-bond acceptors (Lipinski definition) is 2. The molecule has 2 nitrogen and oxygen atoms in total. The highest BCUT2D eigenvalue weighted by atomic mass is 14.9. The van der Waals surface area contributed by atoms with Crippen molar-refractivity contribution in [1.82, 2.24) is 5.32 Å². The van der Waals surface area contributed by atoms with E-state index < -0.39 is 0 Å². The number of likely N-dealkylation sites (N-methyl/N-ethyl adjacent to an activating group) is 1. The summed E-state index contributed by atoms with van der Waals surface area (Å²) >= 11 is 0. The molecule has 0 amide bonds. The van der Waals surface area contributed by atoms with E-state index >= 15 is 0 Å². The van der Waals surface area contributed by atoms with E-state index in [0.717, 1.165) is 6.54 Å². The van der Waals surface area contributed by atoms with E-state index in [4.69, 9.17) is 5.73 Å². The molecule has 0 fully saturated rings. The SMILES string of the molecule is CC[C@H](C)[C@H](N)CNC. The minimum atomic E-state index is 0.319. The first kappa shape index (κ1) is 8.92. The van der Waals surface area contributed by atoms with Gasteiger partial charge < -0.3 is 11.1 Å². The Kier molecular flexibility index (Phi) is 4.72. The van der Waals surface area contributed by atoms with E-state index in [9.17, 15) is 0 Å². The van der Waals surface area contributed by atoms with Crippen molar-refractivity contribution in [2.24, 2.45) is 11.7 Å². The van der Waals surface area contributed by atoms with Crippen LogP contribution in [-0.2, 0) is 0 Å². The van der Waals surface area contributed by atoms with Crippen LogP contribution in [0.3, 0.4) is 0 Å². The van der Waals surface area contributed by atoms with Gasteiger partial charge in [-0.3, -0.25) is 0 Å². The van der Waals surface area contributed by atoms with Crippen molar-refractivity contribution in [3.8, 4) is 0 Å². The highest BCUT2D eigenvalue weighted by Gasteiger charge is 2.07. The first-order valence-corrected chi connectivity index (χ1v) is 3.62. The summed E-state index contributed by atoms with van der Waals surface area (Å²) in [4.78, 5) is 0. The molecule has 0 unspecified atom stereocenters. The zero-order valence-corrected chi connectivity index (χ0v) is 6.65. The Hall–Kier alpha value is -0.0800. The monoisotopic (exact) mass is 130 g/mol. The number of nitrogens with two attached hydrogens (primary N) is 1. The van der Waals surface area contributed by atoms with Crippen LogP contribution in [0, 0.1) is 5.92 Å². The van der Waals surface area contributed by atoms with Gasteiger partial charge in [-0.05, 0) is 13.0 Å². The van der Waals surface area contributed by atoms with Crippen LogP contribution in [0.25, 0.3) is 0 Å². The topological polar surface area (TPSA) is 38.0 Å². The van der Waals surface area contributed by atoms with Gasteiger partial charge in [0.25, 0.3) is 0 Å². The van der Waals surface area contributed by atoms with Gasteiger partial charge in [0, 0.05) is 12.6 Å². The Labute approximate surface area is 57.8 Å². The third-order valence-corrected chi connectivity index (χ3v) is 1.81. The van der Waals surface area contributed by atoms with Crippen molar-refractivity contribution in [2.45, 2.75) is 26.3 Å². The fourth-order valence-corrected chi connectivity index (χ4v) is 0.740. The van der Waals surface area contributed by atoms with Crippen molar-refractivity contribution in [1.29, 1.82) is 0 Å². The molecule has 0 aromatic heterocycles. The Balaban J connectivity index is 3.32. The van der Waals surface area contributed by atoms with Crippen molar-refractivity contribution in [3.63, 3.8) is 0 Å². The zero-order chi connectivity index (χ0) is 7.28. The summed E-state index contributed by atoms with van der Waals surface area (Å²) in [6.45, 7) is 5.28. The van der Waals surface area contributed by atoms with Gasteiger partial charge in [0.1, 0.15) is 0 Å². The third-order valence-electron chi connectivity index (χ3n) is 1.81. The Morgan fingerprint density at radius 3 is 2.44 bits per heavy atom. The van der Waals surface area contributed by atoms with Crippen LogP contribution in [0.15, 0.2) is 0 Å². The molecule has 3 N–H and O–H groups in total. The number of nitrogens with one attached hydrogen (secondary N) is 1. The molecule has 0 aromatic rings. The third kappa shape index (κ3) is 3.49. The van der Waals surface area contributed by atoms with Gasteiger partial charge in [0.15, 0.2) is 0 Å². The van der Waals surface area contributed by atoms with Crippen molar-refractivity contribution in [3.05, 3.63) is 0 Å². The molecular formula is C7H18N2. The summed E-state index contributed by atoms with van der Waals surface area (Å²) in [5.74, 6) is 0.637. The van der Waals surface area contributed by atoms with Gasteiger partial charge in [-0.25, -0.2) is 0 Å². The molecular weight excluding hydrogens is 112 g/mol. The smallest absolute Gasteiger partial charge is 0.0191 e. The minimum Gasteiger partial charge on any atom is -0.326 e. The molecule has 0 bridgehead atoms. The molecule has 0 heterocycles. The van der Waals surface area contributed by atoms with Crippen molar-refractivity contribution in [2.75, 3.05) is 13.6 Å². The van der Waals surface area contributed by atoms with Crippen molar-refractivity contribution < 1.29 is 0 Å². The largest absolute Gasteiger partial charge is 0.326 e. The Morgan fingerprint density at radius 2 is 2.11 bits per heavy atom. The normalized spacial score (nSPS) is 17.3. The average Bonchev–Trinajstić information content (AvgIpc) is 1.87. The molecule has 0 aromatic carbocycles. The van der Waals surface area contributed by atoms with E-state index in [1.165, 1.54) is 6.42 Å². The molecule has 0 rings (SSSR count). The van der Waals surface area contributed by atoms with Gasteiger partial charge in [-0.15, -0.1) is 0 Å². The summed E-state index contributed by atoms with van der Waals surface area (Å²) in [5, 5.41) is 3.06. The summed E-state index contributed by atoms with van der Waals surface area (Å²) in [6, 6.07) is 0.319. The van der Waals surface area contributed by atoms with Crippen LogP contribution in [0.5, 0.6) is 0 Å². The highest BCUT2D eigenvalue weighted by molar-refractivity contribution is 4.68. The number of hydrogen-bond donors (Lipinski definition) is 2. The molecule has 0 radical (unpaired) electrons.